The molecule has 0 bridgehead atoms. The van der Waals surface area contributed by atoms with E-state index in [1.165, 1.54) is 0 Å². The SMILES string of the molecule is CC.CCOP(=O)(OCC)Oc1ccc(C)cc1. The molecule has 104 valence electrons. The van der Waals surface area contributed by atoms with E-state index in [0.717, 1.165) is 5.56 Å². The van der Waals surface area contributed by atoms with Gasteiger partial charge in [0.05, 0.1) is 13.2 Å². The Hall–Kier alpha value is -0.830. The van der Waals surface area contributed by atoms with Crippen LogP contribution in [-0.2, 0) is 13.6 Å². The molecular weight excluding hydrogens is 251 g/mol. The van der Waals surface area contributed by atoms with Crippen LogP contribution in [0.2, 0.25) is 0 Å². The molecule has 0 spiro atoms. The Morgan fingerprint density at radius 2 is 1.44 bits per heavy atom. The van der Waals surface area contributed by atoms with E-state index in [-0.39, 0.29) is 13.2 Å². The zero-order valence-corrected chi connectivity index (χ0v) is 12.7. The van der Waals surface area contributed by atoms with Crippen molar-refractivity contribution in [1.29, 1.82) is 0 Å². The summed E-state index contributed by atoms with van der Waals surface area (Å²) in [5, 5.41) is 0. The maximum absolute atomic E-state index is 12.0. The molecule has 0 N–H and O–H groups in total. The Labute approximate surface area is 110 Å². The second-order valence-electron chi connectivity index (χ2n) is 3.19. The molecule has 1 rings (SSSR count). The van der Waals surface area contributed by atoms with Crippen LogP contribution in [0.15, 0.2) is 24.3 Å². The van der Waals surface area contributed by atoms with Crippen molar-refractivity contribution in [2.75, 3.05) is 13.2 Å². The van der Waals surface area contributed by atoms with Crippen LogP contribution in [0.25, 0.3) is 0 Å². The molecule has 1 aromatic rings. The van der Waals surface area contributed by atoms with Crippen molar-refractivity contribution in [3.8, 4) is 5.75 Å². The van der Waals surface area contributed by atoms with Crippen molar-refractivity contribution in [3.63, 3.8) is 0 Å². The largest absolute Gasteiger partial charge is 0.530 e. The molecule has 0 aromatic heterocycles. The molecule has 0 saturated carbocycles. The summed E-state index contributed by atoms with van der Waals surface area (Å²) in [6, 6.07) is 7.22. The number of hydrogen-bond donors (Lipinski definition) is 0. The molecule has 4 nitrogen and oxygen atoms in total. The topological polar surface area (TPSA) is 44.8 Å². The third kappa shape index (κ3) is 6.20. The highest BCUT2D eigenvalue weighted by Crippen LogP contribution is 2.49. The molecule has 0 atom stereocenters. The summed E-state index contributed by atoms with van der Waals surface area (Å²) in [5.41, 5.74) is 1.11. The van der Waals surface area contributed by atoms with Crippen LogP contribution in [0.4, 0.5) is 0 Å². The van der Waals surface area contributed by atoms with Gasteiger partial charge < -0.3 is 4.52 Å². The van der Waals surface area contributed by atoms with Gasteiger partial charge in [0.15, 0.2) is 0 Å². The minimum Gasteiger partial charge on any atom is -0.404 e. The summed E-state index contributed by atoms with van der Waals surface area (Å²) in [5.74, 6) is 0.482. The van der Waals surface area contributed by atoms with E-state index >= 15 is 0 Å². The van der Waals surface area contributed by atoms with Crippen molar-refractivity contribution in [3.05, 3.63) is 29.8 Å². The van der Waals surface area contributed by atoms with Gasteiger partial charge in [-0.2, -0.15) is 0 Å². The van der Waals surface area contributed by atoms with Gasteiger partial charge in [-0.05, 0) is 32.9 Å². The van der Waals surface area contributed by atoms with Gasteiger partial charge in [0.2, 0.25) is 0 Å². The smallest absolute Gasteiger partial charge is 0.404 e. The van der Waals surface area contributed by atoms with Crippen LogP contribution in [0, 0.1) is 6.92 Å². The van der Waals surface area contributed by atoms with Crippen molar-refractivity contribution in [1.82, 2.24) is 0 Å². The number of benzene rings is 1. The fourth-order valence-corrected chi connectivity index (χ4v) is 2.33. The Balaban J connectivity index is 0.00000137. The molecule has 0 amide bonds. The van der Waals surface area contributed by atoms with Gasteiger partial charge in [-0.25, -0.2) is 4.57 Å². The first-order valence-corrected chi connectivity index (χ1v) is 7.71. The second-order valence-corrected chi connectivity index (χ2v) is 4.78. The average Bonchev–Trinajstić information content (AvgIpc) is 2.35. The standard InChI is InChI=1S/C11H17O4P.C2H6/c1-4-13-16(12,14-5-2)15-11-8-6-10(3)7-9-11;1-2/h6-9H,4-5H2,1-3H3;1-2H3. The third-order valence-corrected chi connectivity index (χ3v) is 3.40. The van der Waals surface area contributed by atoms with Crippen molar-refractivity contribution in [2.24, 2.45) is 0 Å². The highest BCUT2D eigenvalue weighted by atomic mass is 31.2. The van der Waals surface area contributed by atoms with Crippen molar-refractivity contribution in [2.45, 2.75) is 34.6 Å². The molecule has 0 fully saturated rings. The molecule has 0 radical (unpaired) electrons. The van der Waals surface area contributed by atoms with Gasteiger partial charge in [-0.15, -0.1) is 0 Å². The predicted octanol–water partition coefficient (Wildman–Crippen LogP) is 4.58. The highest BCUT2D eigenvalue weighted by molar-refractivity contribution is 7.48. The van der Waals surface area contributed by atoms with Gasteiger partial charge in [-0.3, -0.25) is 9.05 Å². The minimum absolute atomic E-state index is 0.281. The summed E-state index contributed by atoms with van der Waals surface area (Å²) < 4.78 is 27.3. The Morgan fingerprint density at radius 1 is 1.00 bits per heavy atom. The van der Waals surface area contributed by atoms with Crippen molar-refractivity contribution >= 4 is 7.82 Å². The summed E-state index contributed by atoms with van der Waals surface area (Å²) in [7, 11) is -3.46. The zero-order valence-electron chi connectivity index (χ0n) is 11.8. The molecule has 0 heterocycles. The van der Waals surface area contributed by atoms with E-state index < -0.39 is 7.82 Å². The number of rotatable bonds is 6. The van der Waals surface area contributed by atoms with Gasteiger partial charge in [0, 0.05) is 0 Å². The first-order valence-electron chi connectivity index (χ1n) is 6.25. The number of hydrogen-bond acceptors (Lipinski definition) is 4. The predicted molar refractivity (Wildman–Crippen MR) is 74.0 cm³/mol. The molecule has 0 saturated heterocycles. The second kappa shape index (κ2) is 9.15. The molecule has 0 aliphatic carbocycles. The summed E-state index contributed by atoms with van der Waals surface area (Å²) in [6.45, 7) is 10.0. The van der Waals surface area contributed by atoms with Crippen LogP contribution in [0.1, 0.15) is 33.3 Å². The van der Waals surface area contributed by atoms with E-state index in [4.69, 9.17) is 13.6 Å². The maximum atomic E-state index is 12.0. The van der Waals surface area contributed by atoms with E-state index in [2.05, 4.69) is 0 Å². The molecule has 1 aromatic carbocycles. The van der Waals surface area contributed by atoms with E-state index in [0.29, 0.717) is 5.75 Å². The lowest BCUT2D eigenvalue weighted by Gasteiger charge is -2.16. The van der Waals surface area contributed by atoms with E-state index in [9.17, 15) is 4.57 Å². The average molecular weight is 274 g/mol. The first kappa shape index (κ1) is 17.2. The number of phosphoric acid groups is 1. The molecule has 5 heteroatoms. The normalized spacial score (nSPS) is 10.5. The minimum atomic E-state index is -3.46. The highest BCUT2D eigenvalue weighted by Gasteiger charge is 2.26. The van der Waals surface area contributed by atoms with Crippen LogP contribution in [-0.4, -0.2) is 13.2 Å². The van der Waals surface area contributed by atoms with Gasteiger partial charge in [0.25, 0.3) is 0 Å². The molecule has 18 heavy (non-hydrogen) atoms. The van der Waals surface area contributed by atoms with Crippen LogP contribution in [0.5, 0.6) is 5.75 Å². The number of aryl methyl sites for hydroxylation is 1. The Bertz CT molecular complexity index is 352. The lowest BCUT2D eigenvalue weighted by atomic mass is 10.2. The van der Waals surface area contributed by atoms with E-state index in [1.54, 1.807) is 26.0 Å². The zero-order chi connectivity index (χ0) is 14.0. The quantitative estimate of drug-likeness (QED) is 0.712. The maximum Gasteiger partial charge on any atom is 0.530 e. The summed E-state index contributed by atoms with van der Waals surface area (Å²) in [4.78, 5) is 0. The van der Waals surface area contributed by atoms with Gasteiger partial charge >= 0.3 is 7.82 Å². The van der Waals surface area contributed by atoms with Crippen molar-refractivity contribution < 1.29 is 18.1 Å². The van der Waals surface area contributed by atoms with Gasteiger partial charge in [-0.1, -0.05) is 31.5 Å². The van der Waals surface area contributed by atoms with Gasteiger partial charge in [0.1, 0.15) is 5.75 Å². The molecule has 0 aliphatic rings. The monoisotopic (exact) mass is 274 g/mol. The first-order chi connectivity index (χ1) is 8.59. The molecule has 0 aliphatic heterocycles. The summed E-state index contributed by atoms with van der Waals surface area (Å²) >= 11 is 0. The lowest BCUT2D eigenvalue weighted by Crippen LogP contribution is -2.02. The fourth-order valence-electron chi connectivity index (χ4n) is 1.13. The Morgan fingerprint density at radius 3 is 1.83 bits per heavy atom. The lowest BCUT2D eigenvalue weighted by molar-refractivity contribution is 0.167. The van der Waals surface area contributed by atoms with Crippen LogP contribution >= 0.6 is 7.82 Å². The molecular formula is C13H23O4P. The van der Waals surface area contributed by atoms with Crippen LogP contribution < -0.4 is 4.52 Å². The summed E-state index contributed by atoms with van der Waals surface area (Å²) in [6.07, 6.45) is 0. The molecule has 0 unspecified atom stereocenters. The van der Waals surface area contributed by atoms with Crippen LogP contribution in [0.3, 0.4) is 0 Å². The fraction of sp³-hybridized carbons (Fsp3) is 0.538. The number of phosphoric ester groups is 1. The Kier molecular flexibility index (Phi) is 8.73. The van der Waals surface area contributed by atoms with E-state index in [1.807, 2.05) is 32.9 Å². The third-order valence-electron chi connectivity index (χ3n) is 1.81.